The van der Waals surface area contributed by atoms with Crippen LogP contribution in [0.2, 0.25) is 5.02 Å². The molecule has 0 amide bonds. The minimum absolute atomic E-state index is 0.263. The normalized spacial score (nSPS) is 28.1. The highest BCUT2D eigenvalue weighted by Gasteiger charge is 2.52. The van der Waals surface area contributed by atoms with E-state index in [4.69, 9.17) is 16.3 Å². The van der Waals surface area contributed by atoms with Crippen LogP contribution >= 0.6 is 27.5 Å². The molecule has 0 aromatic heterocycles. The molecule has 0 spiro atoms. The van der Waals surface area contributed by atoms with Gasteiger partial charge in [-0.05, 0) is 97.1 Å². The molecule has 7 rings (SSSR count). The topological polar surface area (TPSA) is 9.23 Å². The summed E-state index contributed by atoms with van der Waals surface area (Å²) in [5, 5.41) is 0.786. The van der Waals surface area contributed by atoms with E-state index in [1.165, 1.54) is 55.2 Å². The first-order valence-corrected chi connectivity index (χ1v) is 13.0. The van der Waals surface area contributed by atoms with Crippen LogP contribution in [0.1, 0.15) is 49.7 Å². The van der Waals surface area contributed by atoms with Crippen molar-refractivity contribution in [2.45, 2.75) is 50.5 Å². The van der Waals surface area contributed by atoms with Gasteiger partial charge in [-0.1, -0.05) is 70.0 Å². The molecule has 1 nitrogen and oxygen atoms in total. The molecule has 4 saturated carbocycles. The lowest BCUT2D eigenvalue weighted by atomic mass is 9.48. The van der Waals surface area contributed by atoms with Gasteiger partial charge in [-0.3, -0.25) is 0 Å². The maximum Gasteiger partial charge on any atom is 0.123 e. The van der Waals surface area contributed by atoms with Crippen molar-refractivity contribution in [1.82, 2.24) is 0 Å². The van der Waals surface area contributed by atoms with Crippen LogP contribution in [-0.2, 0) is 12.0 Å². The van der Waals surface area contributed by atoms with E-state index < -0.39 is 0 Å². The lowest BCUT2D eigenvalue weighted by Gasteiger charge is -2.57. The Morgan fingerprint density at radius 1 is 0.844 bits per heavy atom. The second-order valence-electron chi connectivity index (χ2n) is 10.3. The predicted octanol–water partition coefficient (Wildman–Crippen LogP) is 8.82. The first-order valence-electron chi connectivity index (χ1n) is 11.8. The molecule has 0 unspecified atom stereocenters. The largest absolute Gasteiger partial charge is 0.489 e. The minimum atomic E-state index is 0.263. The van der Waals surface area contributed by atoms with Gasteiger partial charge in [0.05, 0.1) is 0 Å². The molecule has 0 radical (unpaired) electrons. The summed E-state index contributed by atoms with van der Waals surface area (Å²) in [5.41, 5.74) is 5.18. The van der Waals surface area contributed by atoms with Crippen LogP contribution in [0.3, 0.4) is 0 Å². The fourth-order valence-electron chi connectivity index (χ4n) is 7.14. The van der Waals surface area contributed by atoms with Gasteiger partial charge in [-0.2, -0.15) is 0 Å². The molecule has 3 aromatic carbocycles. The number of rotatable bonds is 5. The van der Waals surface area contributed by atoms with Crippen molar-refractivity contribution in [1.29, 1.82) is 0 Å². The molecule has 0 N–H and O–H groups in total. The third-order valence-corrected chi connectivity index (χ3v) is 8.87. The zero-order valence-electron chi connectivity index (χ0n) is 18.2. The summed E-state index contributed by atoms with van der Waals surface area (Å²) in [5.74, 6) is 3.74. The summed E-state index contributed by atoms with van der Waals surface area (Å²) in [7, 11) is 0. The van der Waals surface area contributed by atoms with Gasteiger partial charge < -0.3 is 4.74 Å². The Balaban J connectivity index is 1.42. The number of hydrogen-bond donors (Lipinski definition) is 0. The lowest BCUT2D eigenvalue weighted by molar-refractivity contribution is -0.00645. The third-order valence-electron chi connectivity index (χ3n) is 8.07. The van der Waals surface area contributed by atoms with E-state index in [1.807, 2.05) is 6.07 Å². The molecule has 4 bridgehead atoms. The summed E-state index contributed by atoms with van der Waals surface area (Å²) >= 11 is 10.2. The highest BCUT2D eigenvalue weighted by Crippen LogP contribution is 2.62. The second-order valence-corrected chi connectivity index (χ2v) is 11.6. The van der Waals surface area contributed by atoms with Crippen molar-refractivity contribution in [2.75, 3.05) is 0 Å². The van der Waals surface area contributed by atoms with E-state index >= 15 is 0 Å². The summed E-state index contributed by atoms with van der Waals surface area (Å²) in [6, 6.07) is 23.5. The summed E-state index contributed by atoms with van der Waals surface area (Å²) in [6.07, 6.45) is 8.28. The molecule has 0 heterocycles. The quantitative estimate of drug-likeness (QED) is 0.335. The van der Waals surface area contributed by atoms with Crippen LogP contribution in [0.15, 0.2) is 71.2 Å². The van der Waals surface area contributed by atoms with E-state index in [-0.39, 0.29) is 5.41 Å². The highest BCUT2D eigenvalue weighted by molar-refractivity contribution is 9.10. The molecule has 0 atom stereocenters. The Bertz CT molecular complexity index is 1100. The van der Waals surface area contributed by atoms with Crippen LogP contribution in [0.25, 0.3) is 11.1 Å². The Morgan fingerprint density at radius 3 is 2.19 bits per heavy atom. The zero-order valence-corrected chi connectivity index (χ0v) is 20.5. The second kappa shape index (κ2) is 8.22. The van der Waals surface area contributed by atoms with Crippen molar-refractivity contribution in [3.05, 3.63) is 87.4 Å². The molecule has 3 aromatic rings. The first kappa shape index (κ1) is 20.8. The maximum absolute atomic E-state index is 6.66. The first-order chi connectivity index (χ1) is 15.6. The monoisotopic (exact) mass is 506 g/mol. The van der Waals surface area contributed by atoms with Gasteiger partial charge in [0, 0.05) is 20.6 Å². The number of benzene rings is 3. The van der Waals surface area contributed by atoms with Crippen molar-refractivity contribution in [3.63, 3.8) is 0 Å². The van der Waals surface area contributed by atoms with Crippen molar-refractivity contribution < 1.29 is 4.74 Å². The highest BCUT2D eigenvalue weighted by atomic mass is 79.9. The van der Waals surface area contributed by atoms with E-state index in [1.54, 1.807) is 0 Å². The molecule has 4 fully saturated rings. The van der Waals surface area contributed by atoms with Crippen LogP contribution in [0.4, 0.5) is 0 Å². The van der Waals surface area contributed by atoms with E-state index in [0.717, 1.165) is 38.6 Å². The molecule has 3 heteroatoms. The van der Waals surface area contributed by atoms with Gasteiger partial charge in [0.2, 0.25) is 0 Å². The fourth-order valence-corrected chi connectivity index (χ4v) is 7.92. The summed E-state index contributed by atoms with van der Waals surface area (Å²) in [6.45, 7) is 0.610. The fraction of sp³-hybridized carbons (Fsp3) is 0.379. The van der Waals surface area contributed by atoms with E-state index in [9.17, 15) is 0 Å². The molecule has 164 valence electrons. The Kier molecular flexibility index (Phi) is 5.35. The van der Waals surface area contributed by atoms with Gasteiger partial charge in [-0.25, -0.2) is 0 Å². The van der Waals surface area contributed by atoms with Crippen LogP contribution in [0, 0.1) is 17.8 Å². The average Bonchev–Trinajstić information content (AvgIpc) is 2.78. The molecule has 32 heavy (non-hydrogen) atoms. The van der Waals surface area contributed by atoms with Gasteiger partial charge in [0.15, 0.2) is 0 Å². The standard InChI is InChI=1S/C29H28BrClO/c30-24-7-8-25(27(31)14-24)23-6-9-28(32-18-19-4-2-1-3-5-19)26(13-23)29-15-20-10-21(16-29)12-22(11-20)17-29/h1-9,13-14,20-22H,10-12,15-18H2. The third kappa shape index (κ3) is 3.80. The van der Waals surface area contributed by atoms with Crippen molar-refractivity contribution in [3.8, 4) is 16.9 Å². The molecule has 0 aliphatic heterocycles. The van der Waals surface area contributed by atoms with Gasteiger partial charge in [-0.15, -0.1) is 0 Å². The zero-order chi connectivity index (χ0) is 21.7. The minimum Gasteiger partial charge on any atom is -0.489 e. The molecular weight excluding hydrogens is 480 g/mol. The number of halogens is 2. The van der Waals surface area contributed by atoms with Gasteiger partial charge in [0.1, 0.15) is 12.4 Å². The molecular formula is C29H28BrClO. The van der Waals surface area contributed by atoms with Crippen LogP contribution in [0.5, 0.6) is 5.75 Å². The smallest absolute Gasteiger partial charge is 0.123 e. The summed E-state index contributed by atoms with van der Waals surface area (Å²) < 4.78 is 7.52. The molecule has 4 aliphatic rings. The Labute approximate surface area is 204 Å². The van der Waals surface area contributed by atoms with Gasteiger partial charge >= 0.3 is 0 Å². The Hall–Kier alpha value is -1.77. The van der Waals surface area contributed by atoms with E-state index in [2.05, 4.69) is 76.6 Å². The maximum atomic E-state index is 6.66. The predicted molar refractivity (Wildman–Crippen MR) is 135 cm³/mol. The van der Waals surface area contributed by atoms with Crippen LogP contribution < -0.4 is 4.74 Å². The molecule has 0 saturated heterocycles. The SMILES string of the molecule is Clc1cc(Br)ccc1-c1ccc(OCc2ccccc2)c(C23CC4CC(CC(C4)C2)C3)c1. The van der Waals surface area contributed by atoms with Gasteiger partial charge in [0.25, 0.3) is 0 Å². The number of hydrogen-bond acceptors (Lipinski definition) is 1. The lowest BCUT2D eigenvalue weighted by Crippen LogP contribution is -2.48. The average molecular weight is 508 g/mol. The number of ether oxygens (including phenoxy) is 1. The van der Waals surface area contributed by atoms with E-state index in [0.29, 0.717) is 6.61 Å². The Morgan fingerprint density at radius 2 is 1.53 bits per heavy atom. The van der Waals surface area contributed by atoms with Crippen molar-refractivity contribution >= 4 is 27.5 Å². The van der Waals surface area contributed by atoms with Crippen LogP contribution in [-0.4, -0.2) is 0 Å². The molecule has 4 aliphatic carbocycles. The summed E-state index contributed by atoms with van der Waals surface area (Å²) in [4.78, 5) is 0. The van der Waals surface area contributed by atoms with Crippen molar-refractivity contribution in [2.24, 2.45) is 17.8 Å².